The molecule has 2 fully saturated rings. The summed E-state index contributed by atoms with van der Waals surface area (Å²) in [6, 6.07) is 2.00. The zero-order valence-electron chi connectivity index (χ0n) is 12.3. The summed E-state index contributed by atoms with van der Waals surface area (Å²) in [5.74, 6) is 0. The largest absolute Gasteiger partial charge is 0.394 e. The number of aliphatic hydroxyl groups is 1. The first-order chi connectivity index (χ1) is 8.60. The van der Waals surface area contributed by atoms with Gasteiger partial charge in [0.15, 0.2) is 0 Å². The average molecular weight is 254 g/mol. The van der Waals surface area contributed by atoms with Crippen molar-refractivity contribution in [3.8, 4) is 0 Å². The normalized spacial score (nSPS) is 32.7. The van der Waals surface area contributed by atoms with Crippen LogP contribution in [0.25, 0.3) is 0 Å². The van der Waals surface area contributed by atoms with Crippen LogP contribution in [-0.4, -0.2) is 46.8 Å². The number of hydrogen-bond donors (Lipinski definition) is 2. The minimum absolute atomic E-state index is 0.0142. The smallest absolute Gasteiger partial charge is 0.0614 e. The molecule has 2 aliphatic carbocycles. The highest BCUT2D eigenvalue weighted by Gasteiger charge is 2.44. The van der Waals surface area contributed by atoms with Crippen molar-refractivity contribution in [1.29, 1.82) is 0 Å². The molecular weight excluding hydrogens is 224 g/mol. The number of nitrogens with one attached hydrogen (secondary N) is 1. The Kier molecular flexibility index (Phi) is 4.68. The van der Waals surface area contributed by atoms with E-state index in [9.17, 15) is 5.11 Å². The van der Waals surface area contributed by atoms with Crippen molar-refractivity contribution < 1.29 is 5.11 Å². The van der Waals surface area contributed by atoms with Crippen molar-refractivity contribution in [2.45, 2.75) is 83.0 Å². The van der Waals surface area contributed by atoms with Crippen LogP contribution >= 0.6 is 0 Å². The molecule has 0 aromatic heterocycles. The van der Waals surface area contributed by atoms with Crippen molar-refractivity contribution in [2.24, 2.45) is 0 Å². The first kappa shape index (κ1) is 14.3. The van der Waals surface area contributed by atoms with E-state index < -0.39 is 0 Å². The lowest BCUT2D eigenvalue weighted by Gasteiger charge is -2.34. The van der Waals surface area contributed by atoms with Crippen molar-refractivity contribution in [3.05, 3.63) is 0 Å². The van der Waals surface area contributed by atoms with E-state index >= 15 is 0 Å². The lowest BCUT2D eigenvalue weighted by atomic mass is 9.97. The van der Waals surface area contributed by atoms with Gasteiger partial charge in [-0.15, -0.1) is 0 Å². The highest BCUT2D eigenvalue weighted by atomic mass is 16.3. The van der Waals surface area contributed by atoms with Crippen LogP contribution in [0.15, 0.2) is 0 Å². The predicted octanol–water partition coefficient (Wildman–Crippen LogP) is 2.14. The van der Waals surface area contributed by atoms with E-state index in [1.54, 1.807) is 0 Å². The molecule has 2 atom stereocenters. The van der Waals surface area contributed by atoms with Gasteiger partial charge in [0.1, 0.15) is 0 Å². The molecule has 2 N–H and O–H groups in total. The van der Waals surface area contributed by atoms with Gasteiger partial charge in [0.2, 0.25) is 0 Å². The maximum atomic E-state index is 9.77. The van der Waals surface area contributed by atoms with Gasteiger partial charge in [0.05, 0.1) is 6.61 Å². The quantitative estimate of drug-likeness (QED) is 0.731. The van der Waals surface area contributed by atoms with Gasteiger partial charge in [0, 0.05) is 23.7 Å². The van der Waals surface area contributed by atoms with E-state index in [1.165, 1.54) is 32.2 Å². The van der Waals surface area contributed by atoms with Crippen molar-refractivity contribution in [3.63, 3.8) is 0 Å². The van der Waals surface area contributed by atoms with Crippen LogP contribution in [-0.2, 0) is 0 Å². The van der Waals surface area contributed by atoms with Gasteiger partial charge in [0.25, 0.3) is 0 Å². The molecule has 0 aliphatic heterocycles. The summed E-state index contributed by atoms with van der Waals surface area (Å²) in [5, 5.41) is 13.4. The Bertz CT molecular complexity index is 265. The van der Waals surface area contributed by atoms with E-state index in [1.807, 2.05) is 0 Å². The standard InChI is InChI=1S/C15H30N2O/c1-4-9-17(13-5-6-13)14-7-8-15(10-14,11-18)16-12(2)3/h12-14,16,18H,4-11H2,1-3H3. The summed E-state index contributed by atoms with van der Waals surface area (Å²) >= 11 is 0. The van der Waals surface area contributed by atoms with Crippen LogP contribution in [0.4, 0.5) is 0 Å². The zero-order chi connectivity index (χ0) is 13.2. The third-order valence-electron chi connectivity index (χ3n) is 4.45. The third-order valence-corrected chi connectivity index (χ3v) is 4.45. The molecule has 2 unspecified atom stereocenters. The van der Waals surface area contributed by atoms with E-state index in [0.717, 1.165) is 18.9 Å². The number of hydrogen-bond acceptors (Lipinski definition) is 3. The molecule has 3 heteroatoms. The molecule has 0 aromatic carbocycles. The average Bonchev–Trinajstić information content (AvgIpc) is 3.08. The lowest BCUT2D eigenvalue weighted by Crippen LogP contribution is -2.51. The molecule has 0 amide bonds. The molecular formula is C15H30N2O. The Balaban J connectivity index is 1.96. The van der Waals surface area contributed by atoms with Gasteiger partial charge in [-0.3, -0.25) is 4.90 Å². The molecule has 0 bridgehead atoms. The second-order valence-electron chi connectivity index (χ2n) is 6.60. The molecule has 0 heterocycles. The molecule has 0 spiro atoms. The van der Waals surface area contributed by atoms with Gasteiger partial charge in [-0.05, 0) is 45.1 Å². The highest BCUT2D eigenvalue weighted by Crippen LogP contribution is 2.38. The summed E-state index contributed by atoms with van der Waals surface area (Å²) in [6.45, 7) is 8.14. The van der Waals surface area contributed by atoms with Gasteiger partial charge < -0.3 is 10.4 Å². The maximum Gasteiger partial charge on any atom is 0.0614 e. The molecule has 3 nitrogen and oxygen atoms in total. The molecule has 2 aliphatic rings. The third kappa shape index (κ3) is 3.25. The fourth-order valence-electron chi connectivity index (χ4n) is 3.64. The molecule has 2 saturated carbocycles. The van der Waals surface area contributed by atoms with Crippen LogP contribution in [0.5, 0.6) is 0 Å². The fraction of sp³-hybridized carbons (Fsp3) is 1.00. The van der Waals surface area contributed by atoms with Crippen molar-refractivity contribution >= 4 is 0 Å². The topological polar surface area (TPSA) is 35.5 Å². The van der Waals surface area contributed by atoms with Crippen LogP contribution in [0, 0.1) is 0 Å². The van der Waals surface area contributed by atoms with Crippen LogP contribution in [0.3, 0.4) is 0 Å². The van der Waals surface area contributed by atoms with E-state index in [0.29, 0.717) is 12.1 Å². The number of rotatable bonds is 7. The Hall–Kier alpha value is -0.120. The monoisotopic (exact) mass is 254 g/mol. The zero-order valence-corrected chi connectivity index (χ0v) is 12.3. The second-order valence-corrected chi connectivity index (χ2v) is 6.60. The van der Waals surface area contributed by atoms with Crippen molar-refractivity contribution in [1.82, 2.24) is 10.2 Å². The minimum Gasteiger partial charge on any atom is -0.394 e. The van der Waals surface area contributed by atoms with E-state index in [-0.39, 0.29) is 12.1 Å². The molecule has 2 rings (SSSR count). The number of aliphatic hydroxyl groups excluding tert-OH is 1. The van der Waals surface area contributed by atoms with E-state index in [4.69, 9.17) is 0 Å². The van der Waals surface area contributed by atoms with E-state index in [2.05, 4.69) is 31.0 Å². The molecule has 0 radical (unpaired) electrons. The Morgan fingerprint density at radius 1 is 1.28 bits per heavy atom. The van der Waals surface area contributed by atoms with Crippen molar-refractivity contribution in [2.75, 3.05) is 13.2 Å². The Morgan fingerprint density at radius 3 is 2.50 bits per heavy atom. The fourth-order valence-corrected chi connectivity index (χ4v) is 3.64. The SMILES string of the molecule is CCCN(C1CC1)C1CCC(CO)(NC(C)C)C1. The molecule has 0 saturated heterocycles. The highest BCUT2D eigenvalue weighted by molar-refractivity contribution is 5.02. The molecule has 106 valence electrons. The van der Waals surface area contributed by atoms with Gasteiger partial charge >= 0.3 is 0 Å². The van der Waals surface area contributed by atoms with Gasteiger partial charge in [-0.25, -0.2) is 0 Å². The molecule has 18 heavy (non-hydrogen) atoms. The van der Waals surface area contributed by atoms with Crippen LogP contribution in [0.1, 0.15) is 59.3 Å². The predicted molar refractivity (Wildman–Crippen MR) is 75.7 cm³/mol. The second kappa shape index (κ2) is 5.89. The van der Waals surface area contributed by atoms with Gasteiger partial charge in [-0.2, -0.15) is 0 Å². The Morgan fingerprint density at radius 2 is 2.00 bits per heavy atom. The van der Waals surface area contributed by atoms with Gasteiger partial charge in [-0.1, -0.05) is 20.8 Å². The minimum atomic E-state index is -0.0142. The summed E-state index contributed by atoms with van der Waals surface area (Å²) in [7, 11) is 0. The summed E-state index contributed by atoms with van der Waals surface area (Å²) in [5.41, 5.74) is -0.0142. The summed E-state index contributed by atoms with van der Waals surface area (Å²) < 4.78 is 0. The maximum absolute atomic E-state index is 9.77. The van der Waals surface area contributed by atoms with Crippen LogP contribution < -0.4 is 5.32 Å². The first-order valence-corrected chi connectivity index (χ1v) is 7.74. The first-order valence-electron chi connectivity index (χ1n) is 7.74. The lowest BCUT2D eigenvalue weighted by molar-refractivity contribution is 0.132. The van der Waals surface area contributed by atoms with Crippen LogP contribution in [0.2, 0.25) is 0 Å². The Labute approximate surface area is 112 Å². The molecule has 0 aromatic rings. The number of nitrogens with zero attached hydrogens (tertiary/aromatic N) is 1. The summed E-state index contributed by atoms with van der Waals surface area (Å²) in [6.07, 6.45) is 7.52. The summed E-state index contributed by atoms with van der Waals surface area (Å²) in [4.78, 5) is 2.72.